The lowest BCUT2D eigenvalue weighted by molar-refractivity contribution is -0.404. The highest BCUT2D eigenvalue weighted by Gasteiger charge is 2.42. The van der Waals surface area contributed by atoms with Gasteiger partial charge in [0.05, 0.1) is 0 Å². The lowest BCUT2D eigenvalue weighted by atomic mass is 9.89. The van der Waals surface area contributed by atoms with Crippen molar-refractivity contribution in [2.45, 2.75) is 85.0 Å². The van der Waals surface area contributed by atoms with Crippen molar-refractivity contribution < 1.29 is 14.2 Å². The highest BCUT2D eigenvalue weighted by Crippen LogP contribution is 2.35. The topological polar surface area (TPSA) is 27.7 Å². The van der Waals surface area contributed by atoms with E-state index in [0.29, 0.717) is 25.7 Å². The Morgan fingerprint density at radius 3 is 1.64 bits per heavy atom. The van der Waals surface area contributed by atoms with Crippen LogP contribution in [-0.2, 0) is 14.2 Å². The Kier molecular flexibility index (Phi) is 17.1. The SMILES string of the molecule is CCCCCCCCC(CC(CS)CS)C(OCC)(OCC)OCC. The van der Waals surface area contributed by atoms with Crippen LogP contribution >= 0.6 is 25.3 Å². The summed E-state index contributed by atoms with van der Waals surface area (Å²) in [7, 11) is 0. The van der Waals surface area contributed by atoms with E-state index in [2.05, 4.69) is 32.2 Å². The van der Waals surface area contributed by atoms with Gasteiger partial charge in [-0.3, -0.25) is 0 Å². The average molecular weight is 395 g/mol. The monoisotopic (exact) mass is 394 g/mol. The second kappa shape index (κ2) is 16.7. The molecule has 0 aromatic heterocycles. The summed E-state index contributed by atoms with van der Waals surface area (Å²) in [4.78, 5) is 0. The van der Waals surface area contributed by atoms with E-state index >= 15 is 0 Å². The molecule has 0 saturated carbocycles. The van der Waals surface area contributed by atoms with E-state index in [1.54, 1.807) is 0 Å². The van der Waals surface area contributed by atoms with Gasteiger partial charge in [0.1, 0.15) is 0 Å². The third kappa shape index (κ3) is 10.5. The van der Waals surface area contributed by atoms with Gasteiger partial charge in [0.15, 0.2) is 0 Å². The van der Waals surface area contributed by atoms with Crippen LogP contribution in [-0.4, -0.2) is 37.3 Å². The first-order valence-electron chi connectivity index (χ1n) is 10.3. The summed E-state index contributed by atoms with van der Waals surface area (Å²) in [5.41, 5.74) is 0. The molecule has 3 nitrogen and oxygen atoms in total. The Balaban J connectivity index is 5.00. The molecule has 0 heterocycles. The largest absolute Gasteiger partial charge is 0.328 e. The van der Waals surface area contributed by atoms with Gasteiger partial charge < -0.3 is 14.2 Å². The molecule has 0 spiro atoms. The molecule has 0 aliphatic heterocycles. The van der Waals surface area contributed by atoms with Crippen LogP contribution in [0.4, 0.5) is 0 Å². The molecule has 0 rings (SSSR count). The van der Waals surface area contributed by atoms with Crippen molar-refractivity contribution in [1.29, 1.82) is 0 Å². The number of rotatable bonds is 18. The molecule has 0 aromatic carbocycles. The molecular weight excluding hydrogens is 352 g/mol. The molecule has 0 amide bonds. The molecule has 0 N–H and O–H groups in total. The molecular formula is C20H42O3S2. The second-order valence-electron chi connectivity index (χ2n) is 6.62. The van der Waals surface area contributed by atoms with Crippen LogP contribution in [0.2, 0.25) is 0 Å². The predicted octanol–water partition coefficient (Wildman–Crippen LogP) is 5.98. The zero-order valence-corrected chi connectivity index (χ0v) is 18.8. The van der Waals surface area contributed by atoms with Crippen LogP contribution in [0.1, 0.15) is 79.1 Å². The quantitative estimate of drug-likeness (QED) is 0.170. The Hall–Kier alpha value is 0.580. The van der Waals surface area contributed by atoms with E-state index in [1.165, 1.54) is 38.5 Å². The van der Waals surface area contributed by atoms with Gasteiger partial charge in [0.25, 0.3) is 5.97 Å². The minimum absolute atomic E-state index is 0.211. The van der Waals surface area contributed by atoms with E-state index in [9.17, 15) is 0 Å². The standard InChI is InChI=1S/C20H42O3S2/c1-5-9-10-11-12-13-14-19(15-18(16-24)17-25)20(21-6-2,22-7-3)23-8-4/h18-19,24-25H,5-17H2,1-4H3. The minimum atomic E-state index is -0.925. The summed E-state index contributed by atoms with van der Waals surface area (Å²) in [5.74, 6) is 1.39. The highest BCUT2D eigenvalue weighted by molar-refractivity contribution is 7.81. The van der Waals surface area contributed by atoms with Crippen molar-refractivity contribution in [2.24, 2.45) is 11.8 Å². The van der Waals surface area contributed by atoms with E-state index in [0.717, 1.165) is 24.3 Å². The molecule has 0 aliphatic carbocycles. The van der Waals surface area contributed by atoms with Crippen LogP contribution in [0.3, 0.4) is 0 Å². The Labute approximate surface area is 167 Å². The van der Waals surface area contributed by atoms with Gasteiger partial charge >= 0.3 is 0 Å². The lowest BCUT2D eigenvalue weighted by Gasteiger charge is -2.40. The first-order chi connectivity index (χ1) is 12.1. The summed E-state index contributed by atoms with van der Waals surface area (Å²) in [6.45, 7) is 10.0. The number of thiol groups is 2. The minimum Gasteiger partial charge on any atom is -0.328 e. The molecule has 1 atom stereocenters. The van der Waals surface area contributed by atoms with Gasteiger partial charge in [-0.15, -0.1) is 0 Å². The van der Waals surface area contributed by atoms with Crippen molar-refractivity contribution in [3.05, 3.63) is 0 Å². The highest BCUT2D eigenvalue weighted by atomic mass is 32.1. The molecule has 0 aromatic rings. The number of hydrogen-bond donors (Lipinski definition) is 2. The second-order valence-corrected chi connectivity index (χ2v) is 7.35. The molecule has 0 aliphatic rings. The van der Waals surface area contributed by atoms with Crippen molar-refractivity contribution in [1.82, 2.24) is 0 Å². The predicted molar refractivity (Wildman–Crippen MR) is 115 cm³/mol. The zero-order valence-electron chi connectivity index (χ0n) is 17.0. The Morgan fingerprint density at radius 1 is 0.720 bits per heavy atom. The first-order valence-corrected chi connectivity index (χ1v) is 11.5. The van der Waals surface area contributed by atoms with Gasteiger partial charge in [0.2, 0.25) is 0 Å². The van der Waals surface area contributed by atoms with Crippen LogP contribution in [0.5, 0.6) is 0 Å². The van der Waals surface area contributed by atoms with Gasteiger partial charge in [-0.25, -0.2) is 0 Å². The van der Waals surface area contributed by atoms with Crippen LogP contribution in [0.15, 0.2) is 0 Å². The van der Waals surface area contributed by atoms with E-state index in [4.69, 9.17) is 14.2 Å². The Morgan fingerprint density at radius 2 is 1.20 bits per heavy atom. The summed E-state index contributed by atoms with van der Waals surface area (Å²) < 4.78 is 18.2. The molecule has 0 fully saturated rings. The molecule has 1 unspecified atom stereocenters. The van der Waals surface area contributed by atoms with E-state index < -0.39 is 5.97 Å². The molecule has 25 heavy (non-hydrogen) atoms. The average Bonchev–Trinajstić information content (AvgIpc) is 2.61. The number of hydrogen-bond acceptors (Lipinski definition) is 5. The lowest BCUT2D eigenvalue weighted by Crippen LogP contribution is -2.47. The van der Waals surface area contributed by atoms with Crippen molar-refractivity contribution >= 4 is 25.3 Å². The van der Waals surface area contributed by atoms with Crippen molar-refractivity contribution in [3.63, 3.8) is 0 Å². The van der Waals surface area contributed by atoms with E-state index in [1.807, 2.05) is 20.8 Å². The van der Waals surface area contributed by atoms with Crippen LogP contribution in [0, 0.1) is 11.8 Å². The fraction of sp³-hybridized carbons (Fsp3) is 1.00. The Bertz CT molecular complexity index is 269. The van der Waals surface area contributed by atoms with Crippen molar-refractivity contribution in [2.75, 3.05) is 31.3 Å². The summed E-state index contributed by atoms with van der Waals surface area (Å²) in [6.07, 6.45) is 9.77. The smallest absolute Gasteiger partial charge is 0.285 e. The first kappa shape index (κ1) is 25.6. The maximum atomic E-state index is 6.06. The molecule has 0 bridgehead atoms. The molecule has 5 heteroatoms. The third-order valence-corrected chi connectivity index (χ3v) is 5.61. The maximum Gasteiger partial charge on any atom is 0.285 e. The summed E-state index contributed by atoms with van der Waals surface area (Å²) in [6, 6.07) is 0. The third-order valence-electron chi connectivity index (χ3n) is 4.58. The van der Waals surface area contributed by atoms with Gasteiger partial charge in [-0.2, -0.15) is 25.3 Å². The van der Waals surface area contributed by atoms with E-state index in [-0.39, 0.29) is 5.92 Å². The molecule has 152 valence electrons. The van der Waals surface area contributed by atoms with Gasteiger partial charge in [0, 0.05) is 25.7 Å². The van der Waals surface area contributed by atoms with Gasteiger partial charge in [-0.05, 0) is 51.0 Å². The van der Waals surface area contributed by atoms with Crippen LogP contribution < -0.4 is 0 Å². The molecule has 0 saturated heterocycles. The summed E-state index contributed by atoms with van der Waals surface area (Å²) in [5, 5.41) is 0. The number of unbranched alkanes of at least 4 members (excludes halogenated alkanes) is 5. The van der Waals surface area contributed by atoms with Crippen molar-refractivity contribution in [3.8, 4) is 0 Å². The molecule has 0 radical (unpaired) electrons. The number of ether oxygens (including phenoxy) is 3. The fourth-order valence-electron chi connectivity index (χ4n) is 3.30. The fourth-order valence-corrected chi connectivity index (χ4v) is 4.06. The summed E-state index contributed by atoms with van der Waals surface area (Å²) >= 11 is 9.00. The van der Waals surface area contributed by atoms with Gasteiger partial charge in [-0.1, -0.05) is 45.4 Å². The van der Waals surface area contributed by atoms with Crippen LogP contribution in [0.25, 0.3) is 0 Å². The maximum absolute atomic E-state index is 6.06. The zero-order chi connectivity index (χ0) is 19.0. The normalized spacial score (nSPS) is 13.6.